The Labute approximate surface area is 201 Å². The van der Waals surface area contributed by atoms with Crippen molar-refractivity contribution in [3.05, 3.63) is 71.8 Å². The summed E-state index contributed by atoms with van der Waals surface area (Å²) < 4.78 is 45.5. The second kappa shape index (κ2) is 9.44. The summed E-state index contributed by atoms with van der Waals surface area (Å²) in [7, 11) is 1.26. The molecular weight excluding hydrogens is 481 g/mol. The average Bonchev–Trinajstić information content (AvgIpc) is 3.35. The van der Waals surface area contributed by atoms with Gasteiger partial charge < -0.3 is 15.2 Å². The van der Waals surface area contributed by atoms with Crippen molar-refractivity contribution in [2.24, 2.45) is 0 Å². The first kappa shape index (κ1) is 24.3. The molecule has 0 amide bonds. The molecule has 0 unspecified atom stereocenters. The molecule has 3 aromatic heterocycles. The van der Waals surface area contributed by atoms with Crippen LogP contribution in [0.5, 0.6) is 5.88 Å². The summed E-state index contributed by atoms with van der Waals surface area (Å²) in [5.41, 5.74) is -0.137. The number of aromatic nitrogens is 5. The number of ketones is 1. The number of methoxy groups -OCH3 is 1. The maximum Gasteiger partial charge on any atom is 0.435 e. The first-order chi connectivity index (χ1) is 17.1. The van der Waals surface area contributed by atoms with E-state index in [0.29, 0.717) is 11.3 Å². The van der Waals surface area contributed by atoms with Gasteiger partial charge in [-0.15, -0.1) is 0 Å². The molecule has 0 bridgehead atoms. The standard InChI is InChI=1S/C23H17F3N6O4/c1-12(33)13-4-3-5-15(8-13)29-22-28-11-17(14-9-16(21(34)35)20(36-2)27-10-14)19(30-22)32-7-6-18(31-32)23(24,25)26/h3-11H,1-2H3,(H,34,35)(H,28,29,30). The minimum absolute atomic E-state index is 0.00144. The summed E-state index contributed by atoms with van der Waals surface area (Å²) in [5.74, 6) is -1.69. The number of carboxylic acids is 1. The Kier molecular flexibility index (Phi) is 6.38. The van der Waals surface area contributed by atoms with Crippen LogP contribution in [0.25, 0.3) is 16.9 Å². The Morgan fingerprint density at radius 1 is 1.11 bits per heavy atom. The number of Topliss-reactive ketones (excluding diaryl/α,β-unsaturated/α-hetero) is 1. The van der Waals surface area contributed by atoms with Gasteiger partial charge in [-0.3, -0.25) is 4.79 Å². The SMILES string of the molecule is COc1ncc(-c2cnc(Nc3cccc(C(C)=O)c3)nc2-n2ccc(C(F)(F)F)n2)cc1C(=O)O. The number of carboxylic acid groups (broad SMARTS) is 1. The van der Waals surface area contributed by atoms with Gasteiger partial charge in [0.1, 0.15) is 5.56 Å². The predicted octanol–water partition coefficient (Wildman–Crippen LogP) is 4.40. The minimum Gasteiger partial charge on any atom is -0.480 e. The van der Waals surface area contributed by atoms with Gasteiger partial charge in [-0.2, -0.15) is 23.3 Å². The third-order valence-electron chi connectivity index (χ3n) is 4.98. The van der Waals surface area contributed by atoms with E-state index in [1.165, 1.54) is 32.5 Å². The van der Waals surface area contributed by atoms with Crippen LogP contribution < -0.4 is 10.1 Å². The number of carbonyl (C=O) groups is 2. The molecule has 0 fully saturated rings. The van der Waals surface area contributed by atoms with E-state index in [9.17, 15) is 27.9 Å². The summed E-state index contributed by atoms with van der Waals surface area (Å²) in [6.07, 6.45) is -1.04. The van der Waals surface area contributed by atoms with Crippen LogP contribution >= 0.6 is 0 Å². The Morgan fingerprint density at radius 3 is 2.53 bits per heavy atom. The molecule has 36 heavy (non-hydrogen) atoms. The zero-order valence-electron chi connectivity index (χ0n) is 18.7. The van der Waals surface area contributed by atoms with Crippen LogP contribution in [-0.4, -0.2) is 48.7 Å². The van der Waals surface area contributed by atoms with E-state index in [-0.39, 0.29) is 40.1 Å². The number of rotatable bonds is 7. The van der Waals surface area contributed by atoms with Crippen LogP contribution in [0.1, 0.15) is 33.3 Å². The van der Waals surface area contributed by atoms with E-state index >= 15 is 0 Å². The van der Waals surface area contributed by atoms with Gasteiger partial charge in [0.05, 0.1) is 7.11 Å². The zero-order valence-corrected chi connectivity index (χ0v) is 18.7. The number of carbonyl (C=O) groups excluding carboxylic acids is 1. The van der Waals surface area contributed by atoms with Gasteiger partial charge in [-0.25, -0.2) is 19.4 Å². The Balaban J connectivity index is 1.84. The first-order valence-electron chi connectivity index (χ1n) is 10.2. The Morgan fingerprint density at radius 2 is 1.89 bits per heavy atom. The molecule has 4 aromatic rings. The van der Waals surface area contributed by atoms with Crippen molar-refractivity contribution < 1.29 is 32.6 Å². The summed E-state index contributed by atoms with van der Waals surface area (Å²) in [6.45, 7) is 1.41. The highest BCUT2D eigenvalue weighted by Gasteiger charge is 2.34. The lowest BCUT2D eigenvalue weighted by Gasteiger charge is -2.13. The minimum atomic E-state index is -4.69. The molecule has 13 heteroatoms. The number of anilines is 2. The first-order valence-corrected chi connectivity index (χ1v) is 10.2. The van der Waals surface area contributed by atoms with Crippen molar-refractivity contribution in [3.8, 4) is 22.8 Å². The van der Waals surface area contributed by atoms with Crippen molar-refractivity contribution in [2.75, 3.05) is 12.4 Å². The zero-order chi connectivity index (χ0) is 26.0. The second-order valence-corrected chi connectivity index (χ2v) is 7.42. The molecule has 10 nitrogen and oxygen atoms in total. The number of hydrogen-bond acceptors (Lipinski definition) is 8. The number of hydrogen-bond donors (Lipinski definition) is 2. The van der Waals surface area contributed by atoms with Crippen molar-refractivity contribution in [1.82, 2.24) is 24.7 Å². The third-order valence-corrected chi connectivity index (χ3v) is 4.98. The van der Waals surface area contributed by atoms with Crippen LogP contribution in [-0.2, 0) is 6.18 Å². The van der Waals surface area contributed by atoms with Crippen molar-refractivity contribution >= 4 is 23.4 Å². The third kappa shape index (κ3) is 4.99. The van der Waals surface area contributed by atoms with Gasteiger partial charge in [-0.1, -0.05) is 12.1 Å². The summed E-state index contributed by atoms with van der Waals surface area (Å²) in [6, 6.07) is 8.53. The molecular formula is C23H17F3N6O4. The van der Waals surface area contributed by atoms with Crippen molar-refractivity contribution in [2.45, 2.75) is 13.1 Å². The number of ether oxygens (including phenoxy) is 1. The average molecular weight is 498 g/mol. The normalized spacial score (nSPS) is 11.2. The van der Waals surface area contributed by atoms with Gasteiger partial charge >= 0.3 is 12.1 Å². The van der Waals surface area contributed by atoms with Gasteiger partial charge in [-0.05, 0) is 31.2 Å². The molecule has 0 aliphatic heterocycles. The highest BCUT2D eigenvalue weighted by molar-refractivity contribution is 5.95. The molecule has 1 aromatic carbocycles. The van der Waals surface area contributed by atoms with Gasteiger partial charge in [0.2, 0.25) is 11.8 Å². The van der Waals surface area contributed by atoms with Crippen LogP contribution in [0.2, 0.25) is 0 Å². The van der Waals surface area contributed by atoms with Crippen LogP contribution in [0.15, 0.2) is 55.0 Å². The monoisotopic (exact) mass is 498 g/mol. The number of halogens is 3. The fourth-order valence-electron chi connectivity index (χ4n) is 3.26. The maximum atomic E-state index is 13.2. The molecule has 2 N–H and O–H groups in total. The summed E-state index contributed by atoms with van der Waals surface area (Å²) in [5, 5.41) is 16.0. The van der Waals surface area contributed by atoms with Crippen LogP contribution in [0, 0.1) is 0 Å². The molecule has 0 atom stereocenters. The van der Waals surface area contributed by atoms with Gasteiger partial charge in [0.15, 0.2) is 17.3 Å². The fraction of sp³-hybridized carbons (Fsp3) is 0.130. The molecule has 0 saturated carbocycles. The number of pyridine rings is 1. The van der Waals surface area contributed by atoms with Gasteiger partial charge in [0, 0.05) is 41.0 Å². The second-order valence-electron chi connectivity index (χ2n) is 7.42. The molecule has 0 aliphatic rings. The smallest absolute Gasteiger partial charge is 0.435 e. The predicted molar refractivity (Wildman–Crippen MR) is 121 cm³/mol. The van der Waals surface area contributed by atoms with E-state index in [2.05, 4.69) is 25.4 Å². The number of nitrogens with zero attached hydrogens (tertiary/aromatic N) is 5. The van der Waals surface area contributed by atoms with E-state index < -0.39 is 17.8 Å². The van der Waals surface area contributed by atoms with Crippen molar-refractivity contribution in [1.29, 1.82) is 0 Å². The van der Waals surface area contributed by atoms with E-state index in [0.717, 1.165) is 16.9 Å². The fourth-order valence-corrected chi connectivity index (χ4v) is 3.26. The lowest BCUT2D eigenvalue weighted by Crippen LogP contribution is -2.10. The van der Waals surface area contributed by atoms with E-state index in [1.807, 2.05) is 0 Å². The topological polar surface area (TPSA) is 132 Å². The number of nitrogens with one attached hydrogen (secondary N) is 1. The van der Waals surface area contributed by atoms with Gasteiger partial charge in [0.25, 0.3) is 0 Å². The highest BCUT2D eigenvalue weighted by Crippen LogP contribution is 2.31. The molecule has 3 heterocycles. The largest absolute Gasteiger partial charge is 0.480 e. The highest BCUT2D eigenvalue weighted by atomic mass is 19.4. The van der Waals surface area contributed by atoms with E-state index in [1.54, 1.807) is 24.3 Å². The van der Waals surface area contributed by atoms with Crippen LogP contribution in [0.3, 0.4) is 0 Å². The lowest BCUT2D eigenvalue weighted by molar-refractivity contribution is -0.141. The molecule has 0 radical (unpaired) electrons. The number of alkyl halides is 3. The van der Waals surface area contributed by atoms with Crippen LogP contribution in [0.4, 0.5) is 24.8 Å². The molecule has 4 rings (SSSR count). The summed E-state index contributed by atoms with van der Waals surface area (Å²) in [4.78, 5) is 35.8. The quantitative estimate of drug-likeness (QED) is 0.356. The number of aromatic carboxylic acids is 1. The maximum absolute atomic E-state index is 13.2. The molecule has 184 valence electrons. The summed E-state index contributed by atoms with van der Waals surface area (Å²) >= 11 is 0. The Hall–Kier alpha value is -4.81. The van der Waals surface area contributed by atoms with E-state index in [4.69, 9.17) is 4.74 Å². The number of benzene rings is 1. The Bertz CT molecular complexity index is 1470. The molecule has 0 saturated heterocycles. The molecule has 0 aliphatic carbocycles. The van der Waals surface area contributed by atoms with Crippen molar-refractivity contribution in [3.63, 3.8) is 0 Å². The lowest BCUT2D eigenvalue weighted by atomic mass is 10.1. The molecule has 0 spiro atoms.